The lowest BCUT2D eigenvalue weighted by molar-refractivity contribution is -0.141. The zero-order valence-corrected chi connectivity index (χ0v) is 19.2. The molecule has 6 nitrogen and oxygen atoms in total. The van der Waals surface area contributed by atoms with Gasteiger partial charge in [-0.1, -0.05) is 30.9 Å². The SMILES string of the molecule is C=C1C=CC(c2ccc3nc(C)nc(NCc4cccc(C(F)(F)F)c4)c3c2)=CN1CC(=O)OC. The number of anilines is 1. The number of allylic oxidation sites excluding steroid dienone is 3. The first-order chi connectivity index (χ1) is 16.6. The number of aromatic nitrogens is 2. The average Bonchev–Trinajstić information content (AvgIpc) is 2.83. The number of fused-ring (bicyclic) bond motifs is 1. The van der Waals surface area contributed by atoms with Gasteiger partial charge in [0, 0.05) is 23.8 Å². The lowest BCUT2D eigenvalue weighted by atomic mass is 10.0. The molecule has 0 saturated heterocycles. The number of benzene rings is 2. The van der Waals surface area contributed by atoms with Crippen molar-refractivity contribution in [3.63, 3.8) is 0 Å². The molecule has 0 amide bonds. The molecule has 9 heteroatoms. The van der Waals surface area contributed by atoms with Crippen LogP contribution in [0.15, 0.2) is 73.1 Å². The normalized spacial score (nSPS) is 13.7. The summed E-state index contributed by atoms with van der Waals surface area (Å²) in [7, 11) is 1.33. The highest BCUT2D eigenvalue weighted by Crippen LogP contribution is 2.31. The van der Waals surface area contributed by atoms with Crippen LogP contribution in [0.3, 0.4) is 0 Å². The number of carbonyl (C=O) groups excluding carboxylic acids is 1. The van der Waals surface area contributed by atoms with Crippen molar-refractivity contribution in [1.82, 2.24) is 14.9 Å². The number of methoxy groups -OCH3 is 1. The second-order valence-electron chi connectivity index (χ2n) is 8.02. The molecule has 0 saturated carbocycles. The van der Waals surface area contributed by atoms with Gasteiger partial charge in [-0.05, 0) is 54.0 Å². The van der Waals surface area contributed by atoms with Crippen LogP contribution in [-0.2, 0) is 22.3 Å². The molecular formula is C26H23F3N4O2. The lowest BCUT2D eigenvalue weighted by Crippen LogP contribution is -2.26. The summed E-state index contributed by atoms with van der Waals surface area (Å²) in [6.07, 6.45) is 1.10. The third kappa shape index (κ3) is 5.51. The molecule has 0 bridgehead atoms. The van der Waals surface area contributed by atoms with Crippen molar-refractivity contribution in [2.75, 3.05) is 19.0 Å². The largest absolute Gasteiger partial charge is 0.468 e. The molecule has 1 aliphatic heterocycles. The zero-order valence-electron chi connectivity index (χ0n) is 19.2. The number of halogens is 3. The number of nitrogens with zero attached hydrogens (tertiary/aromatic N) is 3. The summed E-state index contributed by atoms with van der Waals surface area (Å²) in [6.45, 7) is 5.89. The molecule has 4 rings (SSSR count). The fourth-order valence-corrected chi connectivity index (χ4v) is 3.70. The summed E-state index contributed by atoms with van der Waals surface area (Å²) in [5.41, 5.74) is 2.83. The molecule has 35 heavy (non-hydrogen) atoms. The minimum Gasteiger partial charge on any atom is -0.468 e. The third-order valence-electron chi connectivity index (χ3n) is 5.50. The first kappa shape index (κ1) is 24.0. The van der Waals surface area contributed by atoms with Crippen molar-refractivity contribution in [2.24, 2.45) is 0 Å². The Kier molecular flexibility index (Phi) is 6.59. The molecular weight excluding hydrogens is 457 g/mol. The summed E-state index contributed by atoms with van der Waals surface area (Å²) in [6, 6.07) is 10.9. The topological polar surface area (TPSA) is 67.4 Å². The molecule has 0 atom stereocenters. The second-order valence-corrected chi connectivity index (χ2v) is 8.02. The van der Waals surface area contributed by atoms with Gasteiger partial charge in [0.15, 0.2) is 0 Å². The van der Waals surface area contributed by atoms with Crippen molar-refractivity contribution in [1.29, 1.82) is 0 Å². The summed E-state index contributed by atoms with van der Waals surface area (Å²) in [5, 5.41) is 3.88. The summed E-state index contributed by atoms with van der Waals surface area (Å²) in [5.74, 6) is 0.664. The lowest BCUT2D eigenvalue weighted by Gasteiger charge is -2.24. The van der Waals surface area contributed by atoms with Crippen molar-refractivity contribution >= 4 is 28.3 Å². The predicted molar refractivity (Wildman–Crippen MR) is 128 cm³/mol. The van der Waals surface area contributed by atoms with E-state index in [9.17, 15) is 18.0 Å². The fraction of sp³-hybridized carbons (Fsp3) is 0.192. The Bertz CT molecular complexity index is 1360. The van der Waals surface area contributed by atoms with Crippen LogP contribution in [-0.4, -0.2) is 34.5 Å². The molecule has 0 aliphatic carbocycles. The number of hydrogen-bond donors (Lipinski definition) is 1. The summed E-state index contributed by atoms with van der Waals surface area (Å²) < 4.78 is 44.0. The van der Waals surface area contributed by atoms with Crippen LogP contribution in [0.5, 0.6) is 0 Å². The number of aryl methyl sites for hydroxylation is 1. The molecule has 1 aliphatic rings. The average molecular weight is 480 g/mol. The Morgan fingerprint density at radius 1 is 1.14 bits per heavy atom. The minimum atomic E-state index is -4.41. The number of rotatable bonds is 6. The Morgan fingerprint density at radius 2 is 1.94 bits per heavy atom. The van der Waals surface area contributed by atoms with Crippen LogP contribution in [0.2, 0.25) is 0 Å². The number of esters is 1. The van der Waals surface area contributed by atoms with Gasteiger partial charge in [-0.25, -0.2) is 9.97 Å². The number of carbonyl (C=O) groups is 1. The van der Waals surface area contributed by atoms with E-state index in [0.29, 0.717) is 28.4 Å². The third-order valence-corrected chi connectivity index (χ3v) is 5.50. The fourth-order valence-electron chi connectivity index (χ4n) is 3.70. The van der Waals surface area contributed by atoms with Gasteiger partial charge in [0.05, 0.1) is 18.2 Å². The number of nitrogens with one attached hydrogen (secondary N) is 1. The van der Waals surface area contributed by atoms with Gasteiger partial charge in [0.1, 0.15) is 18.2 Å². The van der Waals surface area contributed by atoms with E-state index in [0.717, 1.165) is 28.7 Å². The number of hydrogen-bond acceptors (Lipinski definition) is 6. The highest BCUT2D eigenvalue weighted by molar-refractivity contribution is 5.93. The smallest absolute Gasteiger partial charge is 0.416 e. The highest BCUT2D eigenvalue weighted by atomic mass is 19.4. The van der Waals surface area contributed by atoms with E-state index >= 15 is 0 Å². The van der Waals surface area contributed by atoms with Gasteiger partial charge in [0.25, 0.3) is 0 Å². The Labute approximate surface area is 200 Å². The van der Waals surface area contributed by atoms with Gasteiger partial charge >= 0.3 is 12.1 Å². The van der Waals surface area contributed by atoms with Gasteiger partial charge < -0.3 is 15.0 Å². The van der Waals surface area contributed by atoms with E-state index in [2.05, 4.69) is 21.9 Å². The zero-order chi connectivity index (χ0) is 25.2. The first-order valence-corrected chi connectivity index (χ1v) is 10.7. The summed E-state index contributed by atoms with van der Waals surface area (Å²) >= 11 is 0. The van der Waals surface area contributed by atoms with E-state index < -0.39 is 11.7 Å². The number of alkyl halides is 3. The molecule has 3 aromatic rings. The molecule has 180 valence electrons. The maximum absolute atomic E-state index is 13.1. The number of ether oxygens (including phenoxy) is 1. The van der Waals surface area contributed by atoms with Crippen LogP contribution in [0.25, 0.3) is 16.5 Å². The van der Waals surface area contributed by atoms with E-state index in [1.165, 1.54) is 13.2 Å². The van der Waals surface area contributed by atoms with Gasteiger partial charge in [-0.3, -0.25) is 4.79 Å². The van der Waals surface area contributed by atoms with Gasteiger partial charge in [-0.15, -0.1) is 0 Å². The van der Waals surface area contributed by atoms with E-state index in [1.54, 1.807) is 24.0 Å². The quantitative estimate of drug-likeness (QED) is 0.472. The molecule has 2 heterocycles. The highest BCUT2D eigenvalue weighted by Gasteiger charge is 2.30. The van der Waals surface area contributed by atoms with Crippen LogP contribution < -0.4 is 5.32 Å². The molecule has 0 unspecified atom stereocenters. The van der Waals surface area contributed by atoms with E-state index in [1.807, 2.05) is 30.5 Å². The van der Waals surface area contributed by atoms with Crippen molar-refractivity contribution in [3.05, 3.63) is 95.6 Å². The van der Waals surface area contributed by atoms with Crippen LogP contribution >= 0.6 is 0 Å². The second kappa shape index (κ2) is 9.61. The standard InChI is InChI=1S/C26H23F3N4O2/c1-16-7-8-20(14-33(16)15-24(34)35-3)19-9-10-23-22(12-19)25(32-17(2)31-23)30-13-18-5-4-6-21(11-18)26(27,28)29/h4-12,14H,1,13,15H2,2-3H3,(H,30,31,32). The molecule has 0 fully saturated rings. The first-order valence-electron chi connectivity index (χ1n) is 10.7. The van der Waals surface area contributed by atoms with Crippen LogP contribution in [0, 0.1) is 6.92 Å². The Hall–Kier alpha value is -4.14. The van der Waals surface area contributed by atoms with Crippen LogP contribution in [0.1, 0.15) is 22.5 Å². The van der Waals surface area contributed by atoms with Crippen molar-refractivity contribution < 1.29 is 22.7 Å². The van der Waals surface area contributed by atoms with Crippen molar-refractivity contribution in [2.45, 2.75) is 19.6 Å². The van der Waals surface area contributed by atoms with Gasteiger partial charge in [-0.2, -0.15) is 13.2 Å². The molecule has 0 spiro atoms. The molecule has 1 N–H and O–H groups in total. The maximum Gasteiger partial charge on any atom is 0.416 e. The van der Waals surface area contributed by atoms with Crippen molar-refractivity contribution in [3.8, 4) is 0 Å². The molecule has 1 aromatic heterocycles. The summed E-state index contributed by atoms with van der Waals surface area (Å²) in [4.78, 5) is 22.4. The Balaban J connectivity index is 1.65. The van der Waals surface area contributed by atoms with E-state index in [-0.39, 0.29) is 19.1 Å². The van der Waals surface area contributed by atoms with Crippen LogP contribution in [0.4, 0.5) is 19.0 Å². The Morgan fingerprint density at radius 3 is 2.69 bits per heavy atom. The monoisotopic (exact) mass is 480 g/mol. The maximum atomic E-state index is 13.1. The minimum absolute atomic E-state index is 0.0306. The molecule has 2 aromatic carbocycles. The molecule has 0 radical (unpaired) electrons. The predicted octanol–water partition coefficient (Wildman–Crippen LogP) is 5.47. The van der Waals surface area contributed by atoms with Gasteiger partial charge in [0.2, 0.25) is 0 Å². The van der Waals surface area contributed by atoms with E-state index in [4.69, 9.17) is 4.74 Å².